The van der Waals surface area contributed by atoms with Gasteiger partial charge in [0.05, 0.1) is 5.37 Å². The first-order chi connectivity index (χ1) is 4.36. The van der Waals surface area contributed by atoms with E-state index in [-0.39, 0.29) is 0 Å². The van der Waals surface area contributed by atoms with Crippen LogP contribution in [0.25, 0.3) is 0 Å². The molecule has 58 valence electrons. The lowest BCUT2D eigenvalue weighted by atomic mass is 10.1. The van der Waals surface area contributed by atoms with Crippen LogP contribution in [-0.2, 0) is 15.1 Å². The minimum Gasteiger partial charge on any atom is -0.375 e. The number of carbonyl (C=O) groups is 1. The summed E-state index contributed by atoms with van der Waals surface area (Å²) in [5, 5.41) is 9.26. The van der Waals surface area contributed by atoms with E-state index >= 15 is 0 Å². The van der Waals surface area contributed by atoms with Crippen molar-refractivity contribution in [3.8, 4) is 0 Å². The lowest BCUT2D eigenvalue weighted by Gasteiger charge is -2.09. The topological polar surface area (TPSA) is 97.5 Å². The summed E-state index contributed by atoms with van der Waals surface area (Å²) in [5.74, 6) is -1.10. The number of hydrogen-bond acceptors (Lipinski definition) is 4. The van der Waals surface area contributed by atoms with E-state index in [9.17, 15) is 13.2 Å². The van der Waals surface area contributed by atoms with Crippen LogP contribution in [0.2, 0.25) is 0 Å². The lowest BCUT2D eigenvalue weighted by molar-refractivity contribution is -0.128. The van der Waals surface area contributed by atoms with Gasteiger partial charge < -0.3 is 10.8 Å². The second kappa shape index (κ2) is 2.80. The minimum absolute atomic E-state index is 0.426. The van der Waals surface area contributed by atoms with Crippen molar-refractivity contribution in [2.24, 2.45) is 5.73 Å². The van der Waals surface area contributed by atoms with Crippen LogP contribution >= 0.6 is 0 Å². The van der Waals surface area contributed by atoms with Crippen LogP contribution in [0.15, 0.2) is 0 Å². The molecule has 0 aliphatic carbocycles. The fourth-order valence-electron chi connectivity index (χ4n) is 0.245. The fourth-order valence-corrected chi connectivity index (χ4v) is 0.736. The third-order valence-corrected chi connectivity index (χ3v) is 1.48. The zero-order valence-corrected chi connectivity index (χ0v) is 6.05. The van der Waals surface area contributed by atoms with Crippen LogP contribution in [0.4, 0.5) is 0 Å². The monoisotopic (exact) mass is 165 g/mol. The van der Waals surface area contributed by atoms with E-state index < -0.39 is 21.8 Å². The Labute approximate surface area is 59.0 Å². The minimum atomic E-state index is -2.58. The zero-order chi connectivity index (χ0) is 8.36. The summed E-state index contributed by atoms with van der Waals surface area (Å²) >= 11 is 0. The second-order valence-electron chi connectivity index (χ2n) is 1.89. The molecule has 0 aliphatic heterocycles. The summed E-state index contributed by atoms with van der Waals surface area (Å²) in [4.78, 5) is 10.2. The average Bonchev–Trinajstić information content (AvgIpc) is 1.60. The summed E-state index contributed by atoms with van der Waals surface area (Å²) < 4.78 is 19.8. The van der Waals surface area contributed by atoms with Gasteiger partial charge in [-0.25, -0.2) is 0 Å². The van der Waals surface area contributed by atoms with Gasteiger partial charge in [0.15, 0.2) is 5.60 Å². The third-order valence-electron chi connectivity index (χ3n) is 0.825. The Hall–Kier alpha value is -0.880. The molecule has 0 aliphatic rings. The standard InChI is InChI=1S/C4H7NO4S/c1-4(7,3(5)6)2-10(8)9/h2,7H,1H3,(H2,5,6). The maximum absolute atomic E-state index is 10.2. The van der Waals surface area contributed by atoms with E-state index in [0.717, 1.165) is 6.92 Å². The van der Waals surface area contributed by atoms with Gasteiger partial charge >= 0.3 is 0 Å². The first-order valence-corrected chi connectivity index (χ1v) is 3.46. The van der Waals surface area contributed by atoms with Crippen LogP contribution in [0.1, 0.15) is 6.92 Å². The van der Waals surface area contributed by atoms with Crippen LogP contribution in [-0.4, -0.2) is 30.4 Å². The number of rotatable bonds is 2. The maximum Gasteiger partial charge on any atom is 0.254 e. The second-order valence-corrected chi connectivity index (χ2v) is 2.65. The highest BCUT2D eigenvalue weighted by Crippen LogP contribution is 1.94. The van der Waals surface area contributed by atoms with Crippen molar-refractivity contribution in [3.63, 3.8) is 0 Å². The molecule has 1 amide bonds. The molecule has 0 spiro atoms. The van der Waals surface area contributed by atoms with Crippen LogP contribution in [0, 0.1) is 0 Å². The summed E-state index contributed by atoms with van der Waals surface area (Å²) in [6.45, 7) is 0.991. The van der Waals surface area contributed by atoms with Crippen molar-refractivity contribution in [2.45, 2.75) is 12.5 Å². The van der Waals surface area contributed by atoms with Crippen molar-refractivity contribution >= 4 is 21.6 Å². The Morgan fingerprint density at radius 1 is 1.70 bits per heavy atom. The van der Waals surface area contributed by atoms with Gasteiger partial charge in [0.25, 0.3) is 5.91 Å². The molecule has 0 saturated heterocycles. The van der Waals surface area contributed by atoms with Gasteiger partial charge in [0.1, 0.15) is 0 Å². The fraction of sp³-hybridized carbons (Fsp3) is 0.500. The molecule has 0 radical (unpaired) electrons. The highest BCUT2D eigenvalue weighted by Gasteiger charge is 2.25. The summed E-state index contributed by atoms with van der Waals surface area (Å²) in [5.41, 5.74) is 2.55. The van der Waals surface area contributed by atoms with E-state index in [4.69, 9.17) is 5.11 Å². The number of amides is 1. The smallest absolute Gasteiger partial charge is 0.254 e. The Balaban J connectivity index is 4.77. The summed E-state index contributed by atoms with van der Waals surface area (Å²) in [7, 11) is -2.58. The molecule has 6 heteroatoms. The first-order valence-electron chi connectivity index (χ1n) is 2.32. The maximum atomic E-state index is 10.2. The van der Waals surface area contributed by atoms with Crippen molar-refractivity contribution in [3.05, 3.63) is 0 Å². The van der Waals surface area contributed by atoms with Crippen molar-refractivity contribution in [2.75, 3.05) is 0 Å². The molecule has 3 N–H and O–H groups in total. The van der Waals surface area contributed by atoms with Crippen LogP contribution in [0.3, 0.4) is 0 Å². The van der Waals surface area contributed by atoms with E-state index in [1.54, 1.807) is 0 Å². The predicted octanol–water partition coefficient (Wildman–Crippen LogP) is -2.10. The van der Waals surface area contributed by atoms with Gasteiger partial charge in [0.2, 0.25) is 10.3 Å². The molecule has 10 heavy (non-hydrogen) atoms. The average molecular weight is 165 g/mol. The Bertz CT molecular complexity index is 255. The molecule has 0 aromatic rings. The van der Waals surface area contributed by atoms with Crippen molar-refractivity contribution < 1.29 is 18.3 Å². The zero-order valence-electron chi connectivity index (χ0n) is 5.23. The Morgan fingerprint density at radius 3 is 2.20 bits per heavy atom. The van der Waals surface area contributed by atoms with Crippen LogP contribution < -0.4 is 5.73 Å². The first kappa shape index (κ1) is 9.12. The molecule has 0 bridgehead atoms. The number of primary amides is 1. The van der Waals surface area contributed by atoms with Crippen molar-refractivity contribution in [1.82, 2.24) is 0 Å². The van der Waals surface area contributed by atoms with Gasteiger partial charge in [-0.2, -0.15) is 8.42 Å². The highest BCUT2D eigenvalue weighted by molar-refractivity contribution is 7.71. The van der Waals surface area contributed by atoms with Crippen LogP contribution in [0.5, 0.6) is 0 Å². The number of nitrogens with two attached hydrogens (primary N) is 1. The van der Waals surface area contributed by atoms with E-state index in [2.05, 4.69) is 5.73 Å². The SMILES string of the molecule is CC(O)(C=S(=O)=O)C(N)=O. The molecule has 0 rings (SSSR count). The molecular formula is C4H7NO4S. The molecule has 0 heterocycles. The van der Waals surface area contributed by atoms with Crippen molar-refractivity contribution in [1.29, 1.82) is 0 Å². The Kier molecular flexibility index (Phi) is 2.56. The lowest BCUT2D eigenvalue weighted by Crippen LogP contribution is -2.42. The molecule has 0 saturated carbocycles. The normalized spacial score (nSPS) is 15.4. The predicted molar refractivity (Wildman–Crippen MR) is 34.8 cm³/mol. The van der Waals surface area contributed by atoms with Gasteiger partial charge in [-0.15, -0.1) is 0 Å². The molecular weight excluding hydrogens is 158 g/mol. The number of hydrogen-bond donors (Lipinski definition) is 2. The number of carbonyl (C=O) groups excluding carboxylic acids is 1. The van der Waals surface area contributed by atoms with Gasteiger partial charge in [-0.3, -0.25) is 4.79 Å². The molecule has 1 unspecified atom stereocenters. The van der Waals surface area contributed by atoms with E-state index in [1.807, 2.05) is 0 Å². The highest BCUT2D eigenvalue weighted by atomic mass is 32.2. The van der Waals surface area contributed by atoms with Gasteiger partial charge in [-0.1, -0.05) is 0 Å². The van der Waals surface area contributed by atoms with E-state index in [1.165, 1.54) is 0 Å². The molecule has 0 aromatic heterocycles. The number of aliphatic hydroxyl groups is 1. The molecule has 1 atom stereocenters. The van der Waals surface area contributed by atoms with Gasteiger partial charge in [-0.05, 0) is 6.92 Å². The quantitative estimate of drug-likeness (QED) is 0.458. The third kappa shape index (κ3) is 2.60. The van der Waals surface area contributed by atoms with E-state index in [0.29, 0.717) is 5.37 Å². The largest absolute Gasteiger partial charge is 0.375 e. The molecule has 5 nitrogen and oxygen atoms in total. The summed E-state index contributed by atoms with van der Waals surface area (Å²) in [6, 6.07) is 0. The van der Waals surface area contributed by atoms with Gasteiger partial charge in [0, 0.05) is 0 Å². The Morgan fingerprint density at radius 2 is 2.10 bits per heavy atom. The molecule has 0 aromatic carbocycles. The molecule has 0 fully saturated rings. The summed E-state index contributed by atoms with van der Waals surface area (Å²) in [6.07, 6.45) is 0.